The molecule has 16 heteroatoms. The van der Waals surface area contributed by atoms with E-state index < -0.39 is 76.1 Å². The van der Waals surface area contributed by atoms with E-state index in [1.165, 1.54) is 6.07 Å². The van der Waals surface area contributed by atoms with E-state index in [9.17, 15) is 43.9 Å². The Bertz CT molecular complexity index is 1510. The van der Waals surface area contributed by atoms with E-state index >= 15 is 0 Å². The lowest BCUT2D eigenvalue weighted by Crippen LogP contribution is -2.60. The Labute approximate surface area is 213 Å². The summed E-state index contributed by atoms with van der Waals surface area (Å²) in [5.74, 6) is -2.96. The van der Waals surface area contributed by atoms with E-state index in [1.807, 2.05) is 0 Å². The van der Waals surface area contributed by atoms with Crippen molar-refractivity contribution >= 4 is 21.4 Å². The Hall–Kier alpha value is -3.64. The molecule has 5 atom stereocenters. The van der Waals surface area contributed by atoms with Crippen molar-refractivity contribution in [3.8, 4) is 40.1 Å². The minimum Gasteiger partial charge on any atom is -0.508 e. The first-order valence-electron chi connectivity index (χ1n) is 10.7. The molecule has 1 saturated heterocycles. The summed E-state index contributed by atoms with van der Waals surface area (Å²) in [7, 11) is -3.89. The quantitative estimate of drug-likeness (QED) is 0.176. The average Bonchev–Trinajstić information content (AvgIpc) is 2.84. The second-order valence-electron chi connectivity index (χ2n) is 8.12. The number of benzene rings is 2. The van der Waals surface area contributed by atoms with Crippen molar-refractivity contribution in [2.24, 2.45) is 0 Å². The first kappa shape index (κ1) is 27.4. The predicted molar refractivity (Wildman–Crippen MR) is 124 cm³/mol. The third-order valence-electron chi connectivity index (χ3n) is 5.62. The molecule has 1 fully saturated rings. The topological polar surface area (TPSA) is 243 Å². The van der Waals surface area contributed by atoms with Crippen LogP contribution in [0.15, 0.2) is 39.5 Å². The summed E-state index contributed by atoms with van der Waals surface area (Å²) in [5.41, 5.74) is -1.19. The molecular weight excluding hydrogens is 536 g/mol. The molecule has 206 valence electrons. The smallest absolute Gasteiger partial charge is 0.446 e. The highest BCUT2D eigenvalue weighted by Gasteiger charge is 2.45. The zero-order chi connectivity index (χ0) is 27.9. The second-order valence-corrected chi connectivity index (χ2v) is 9.14. The van der Waals surface area contributed by atoms with Gasteiger partial charge in [0.25, 0.3) is 0 Å². The molecule has 1 aliphatic heterocycles. The fourth-order valence-electron chi connectivity index (χ4n) is 3.85. The molecule has 2 heterocycles. The highest BCUT2D eigenvalue weighted by atomic mass is 32.3. The van der Waals surface area contributed by atoms with Crippen molar-refractivity contribution < 1.29 is 66.4 Å². The number of aliphatic hydroxyl groups excluding tert-OH is 4. The van der Waals surface area contributed by atoms with Crippen LogP contribution in [0.4, 0.5) is 0 Å². The van der Waals surface area contributed by atoms with E-state index in [0.717, 1.165) is 31.4 Å². The van der Waals surface area contributed by atoms with Crippen LogP contribution in [0.2, 0.25) is 0 Å². The summed E-state index contributed by atoms with van der Waals surface area (Å²) < 4.78 is 57.3. The van der Waals surface area contributed by atoms with Crippen molar-refractivity contribution in [3.63, 3.8) is 0 Å². The molecule has 4 rings (SSSR count). The van der Waals surface area contributed by atoms with Crippen LogP contribution in [0.3, 0.4) is 0 Å². The first-order valence-corrected chi connectivity index (χ1v) is 12.1. The molecule has 0 amide bonds. The minimum absolute atomic E-state index is 0.0444. The highest BCUT2D eigenvalue weighted by Crippen LogP contribution is 2.39. The van der Waals surface area contributed by atoms with Gasteiger partial charge in [-0.1, -0.05) is 0 Å². The molecule has 2 aromatic carbocycles. The number of phenolic OH excluding ortho intramolecular Hbond substituents is 2. The van der Waals surface area contributed by atoms with Crippen LogP contribution >= 0.6 is 0 Å². The van der Waals surface area contributed by atoms with Gasteiger partial charge in [-0.15, -0.1) is 0 Å². The number of aromatic hydroxyl groups is 2. The van der Waals surface area contributed by atoms with Gasteiger partial charge in [0.1, 0.15) is 46.9 Å². The van der Waals surface area contributed by atoms with Crippen LogP contribution in [-0.4, -0.2) is 88.0 Å². The van der Waals surface area contributed by atoms with Crippen molar-refractivity contribution in [2.75, 3.05) is 13.7 Å². The number of ether oxygens (including phenoxy) is 3. The SMILES string of the molecule is COc1c(-c2ccc(O)c(OS(=O)(=O)O)c2)oc2cc(O)cc(O[C@@H]3O[C@H](CO)[C@@H](O)[C@H](O)[C@H]3O)c2c1=O. The Morgan fingerprint density at radius 1 is 1.00 bits per heavy atom. The van der Waals surface area contributed by atoms with Crippen molar-refractivity contribution in [2.45, 2.75) is 30.7 Å². The standard InChI is InChI=1S/C22H22O15S/c1-33-21-17(27)15-12(34-20(21)8-2-3-10(25)11(4-8)37-38(30,31)32)5-9(24)6-13(15)35-22-19(29)18(28)16(26)14(7-23)36-22/h2-6,14,16,18-19,22-26,28-29H,7H2,1H3,(H,30,31,32)/t14-,16-,18+,19-,22-/m1/s1. The number of phenols is 2. The van der Waals surface area contributed by atoms with Crippen molar-refractivity contribution in [1.82, 2.24) is 0 Å². The monoisotopic (exact) mass is 558 g/mol. The van der Waals surface area contributed by atoms with E-state index in [2.05, 4.69) is 4.18 Å². The van der Waals surface area contributed by atoms with Crippen LogP contribution in [0.1, 0.15) is 0 Å². The van der Waals surface area contributed by atoms with Crippen LogP contribution in [0, 0.1) is 0 Å². The zero-order valence-corrected chi connectivity index (χ0v) is 20.1. The molecule has 1 aliphatic rings. The molecule has 0 bridgehead atoms. The highest BCUT2D eigenvalue weighted by molar-refractivity contribution is 7.81. The van der Waals surface area contributed by atoms with Gasteiger partial charge in [-0.2, -0.15) is 8.42 Å². The molecule has 0 radical (unpaired) electrons. The van der Waals surface area contributed by atoms with Gasteiger partial charge in [0, 0.05) is 17.7 Å². The lowest BCUT2D eigenvalue weighted by Gasteiger charge is -2.39. The van der Waals surface area contributed by atoms with Crippen LogP contribution in [0.5, 0.6) is 28.7 Å². The lowest BCUT2D eigenvalue weighted by molar-refractivity contribution is -0.277. The lowest BCUT2D eigenvalue weighted by atomic mass is 9.99. The van der Waals surface area contributed by atoms with Crippen LogP contribution in [-0.2, 0) is 15.1 Å². The summed E-state index contributed by atoms with van der Waals surface area (Å²) in [6.45, 7) is -0.735. The van der Waals surface area contributed by atoms with Gasteiger partial charge < -0.3 is 53.4 Å². The minimum atomic E-state index is -5.02. The molecule has 3 aromatic rings. The molecule has 0 spiro atoms. The molecule has 0 saturated carbocycles. The summed E-state index contributed by atoms with van der Waals surface area (Å²) >= 11 is 0. The predicted octanol–water partition coefficient (Wildman–Crippen LogP) is -0.760. The normalized spacial score (nSPS) is 23.8. The molecule has 1 aromatic heterocycles. The number of methoxy groups -OCH3 is 1. The molecule has 38 heavy (non-hydrogen) atoms. The van der Waals surface area contributed by atoms with Gasteiger partial charge in [0.15, 0.2) is 17.3 Å². The van der Waals surface area contributed by atoms with Crippen molar-refractivity contribution in [1.29, 1.82) is 0 Å². The third-order valence-corrected chi connectivity index (χ3v) is 6.01. The molecule has 15 nitrogen and oxygen atoms in total. The van der Waals surface area contributed by atoms with Gasteiger partial charge in [-0.25, -0.2) is 0 Å². The Kier molecular flexibility index (Phi) is 7.39. The van der Waals surface area contributed by atoms with Gasteiger partial charge in [-0.3, -0.25) is 9.35 Å². The Balaban J connectivity index is 1.84. The van der Waals surface area contributed by atoms with E-state index in [0.29, 0.717) is 0 Å². The average molecular weight is 558 g/mol. The van der Waals surface area contributed by atoms with E-state index in [4.69, 9.17) is 23.2 Å². The maximum Gasteiger partial charge on any atom is 0.446 e. The summed E-state index contributed by atoms with van der Waals surface area (Å²) in [6, 6.07) is 5.17. The summed E-state index contributed by atoms with van der Waals surface area (Å²) in [4.78, 5) is 13.4. The maximum atomic E-state index is 13.4. The number of fused-ring (bicyclic) bond motifs is 1. The number of hydrogen-bond acceptors (Lipinski definition) is 14. The fraction of sp³-hybridized carbons (Fsp3) is 0.318. The fourth-order valence-corrected chi connectivity index (χ4v) is 4.21. The number of rotatable bonds is 7. The third kappa shape index (κ3) is 5.18. The van der Waals surface area contributed by atoms with Crippen LogP contribution < -0.4 is 19.1 Å². The maximum absolute atomic E-state index is 13.4. The van der Waals surface area contributed by atoms with Gasteiger partial charge in [-0.05, 0) is 18.2 Å². The molecule has 0 unspecified atom stereocenters. The van der Waals surface area contributed by atoms with Crippen molar-refractivity contribution in [3.05, 3.63) is 40.6 Å². The summed E-state index contributed by atoms with van der Waals surface area (Å²) in [6.07, 6.45) is -8.27. The Morgan fingerprint density at radius 2 is 1.71 bits per heavy atom. The van der Waals surface area contributed by atoms with Gasteiger partial charge >= 0.3 is 10.4 Å². The number of hydrogen-bond donors (Lipinski definition) is 7. The first-order chi connectivity index (χ1) is 17.8. The largest absolute Gasteiger partial charge is 0.508 e. The molecule has 0 aliphatic carbocycles. The molecular formula is C22H22O15S. The van der Waals surface area contributed by atoms with Gasteiger partial charge in [0.2, 0.25) is 17.5 Å². The van der Waals surface area contributed by atoms with E-state index in [-0.39, 0.29) is 28.0 Å². The van der Waals surface area contributed by atoms with Gasteiger partial charge in [0.05, 0.1) is 13.7 Å². The Morgan fingerprint density at radius 3 is 2.34 bits per heavy atom. The zero-order valence-electron chi connectivity index (χ0n) is 19.3. The second kappa shape index (κ2) is 10.3. The molecule has 7 N–H and O–H groups in total. The number of aliphatic hydroxyl groups is 4. The summed E-state index contributed by atoms with van der Waals surface area (Å²) in [5, 5.41) is 59.5. The van der Waals surface area contributed by atoms with E-state index in [1.54, 1.807) is 0 Å². The van der Waals surface area contributed by atoms with Crippen LogP contribution in [0.25, 0.3) is 22.3 Å².